The predicted octanol–water partition coefficient (Wildman–Crippen LogP) is 5.06. The lowest BCUT2D eigenvalue weighted by molar-refractivity contribution is 0.356. The van der Waals surface area contributed by atoms with Crippen molar-refractivity contribution in [3.63, 3.8) is 0 Å². The molecule has 5 nitrogen and oxygen atoms in total. The molecule has 27 heavy (non-hydrogen) atoms. The molecule has 0 atom stereocenters. The van der Waals surface area contributed by atoms with Gasteiger partial charge in [0.25, 0.3) is 0 Å². The number of fused-ring (bicyclic) bond motifs is 1. The molecule has 0 amide bonds. The van der Waals surface area contributed by atoms with Gasteiger partial charge in [0, 0.05) is 22.7 Å². The zero-order valence-corrected chi connectivity index (χ0v) is 15.1. The monoisotopic (exact) mass is 357 g/mol. The highest BCUT2D eigenvalue weighted by molar-refractivity contribution is 5.94. The van der Waals surface area contributed by atoms with E-state index in [1.807, 2.05) is 72.8 Å². The van der Waals surface area contributed by atoms with Gasteiger partial charge in [-0.3, -0.25) is 0 Å². The molecule has 0 bridgehead atoms. The summed E-state index contributed by atoms with van der Waals surface area (Å²) in [5.41, 5.74) is 2.68. The van der Waals surface area contributed by atoms with Gasteiger partial charge >= 0.3 is 0 Å². The Morgan fingerprint density at radius 2 is 1.37 bits per heavy atom. The van der Waals surface area contributed by atoms with E-state index in [4.69, 9.17) is 19.4 Å². The molecule has 3 aromatic carbocycles. The van der Waals surface area contributed by atoms with Crippen LogP contribution < -0.4 is 14.8 Å². The number of hydrogen-bond donors (Lipinski definition) is 1. The maximum Gasteiger partial charge on any atom is 0.162 e. The van der Waals surface area contributed by atoms with E-state index in [0.29, 0.717) is 23.1 Å². The standard InChI is InChI=1S/C22H19N3O2/c1-26-19-13-17-18(14-20(19)27-2)24-21(15-9-5-3-6-10-15)25-22(17)23-16-11-7-4-8-12-16/h3-14H,1-2H3,(H,23,24,25). The van der Waals surface area contributed by atoms with Gasteiger partial charge in [-0.05, 0) is 18.2 Å². The van der Waals surface area contributed by atoms with E-state index in [-0.39, 0.29) is 0 Å². The Morgan fingerprint density at radius 3 is 2.04 bits per heavy atom. The average molecular weight is 357 g/mol. The van der Waals surface area contributed by atoms with Gasteiger partial charge in [-0.15, -0.1) is 0 Å². The number of aromatic nitrogens is 2. The first-order valence-corrected chi connectivity index (χ1v) is 8.60. The van der Waals surface area contributed by atoms with Crippen LogP contribution in [0.3, 0.4) is 0 Å². The molecule has 0 saturated heterocycles. The highest BCUT2D eigenvalue weighted by Gasteiger charge is 2.14. The molecule has 0 unspecified atom stereocenters. The van der Waals surface area contributed by atoms with Crippen molar-refractivity contribution >= 4 is 22.4 Å². The van der Waals surface area contributed by atoms with Crippen LogP contribution in [-0.4, -0.2) is 24.2 Å². The highest BCUT2D eigenvalue weighted by Crippen LogP contribution is 2.36. The summed E-state index contributed by atoms with van der Waals surface area (Å²) in [5, 5.41) is 4.26. The molecular weight excluding hydrogens is 338 g/mol. The van der Waals surface area contributed by atoms with Crippen molar-refractivity contribution in [1.29, 1.82) is 0 Å². The topological polar surface area (TPSA) is 56.3 Å². The van der Waals surface area contributed by atoms with Crippen LogP contribution in [0.1, 0.15) is 0 Å². The van der Waals surface area contributed by atoms with Gasteiger partial charge in [0.05, 0.1) is 19.7 Å². The second kappa shape index (κ2) is 7.33. The second-order valence-corrected chi connectivity index (χ2v) is 5.98. The lowest BCUT2D eigenvalue weighted by Crippen LogP contribution is -2.00. The Morgan fingerprint density at radius 1 is 0.741 bits per heavy atom. The Labute approximate surface area is 157 Å². The first-order chi connectivity index (χ1) is 13.3. The van der Waals surface area contributed by atoms with Gasteiger partial charge in [-0.25, -0.2) is 9.97 Å². The molecule has 0 aliphatic heterocycles. The van der Waals surface area contributed by atoms with Crippen molar-refractivity contribution in [3.05, 3.63) is 72.8 Å². The lowest BCUT2D eigenvalue weighted by Gasteiger charge is -2.14. The number of rotatable bonds is 5. The summed E-state index contributed by atoms with van der Waals surface area (Å²) in [4.78, 5) is 9.52. The fraction of sp³-hybridized carbons (Fsp3) is 0.0909. The van der Waals surface area contributed by atoms with Crippen LogP contribution in [0.4, 0.5) is 11.5 Å². The van der Waals surface area contributed by atoms with E-state index < -0.39 is 0 Å². The fourth-order valence-electron chi connectivity index (χ4n) is 2.93. The quantitative estimate of drug-likeness (QED) is 0.541. The number of nitrogens with zero attached hydrogens (tertiary/aromatic N) is 2. The lowest BCUT2D eigenvalue weighted by atomic mass is 10.1. The van der Waals surface area contributed by atoms with Crippen LogP contribution in [0.15, 0.2) is 72.8 Å². The molecule has 4 rings (SSSR count). The van der Waals surface area contributed by atoms with Crippen LogP contribution in [0.25, 0.3) is 22.3 Å². The third-order valence-electron chi connectivity index (χ3n) is 4.27. The molecule has 4 aromatic rings. The largest absolute Gasteiger partial charge is 0.493 e. The highest BCUT2D eigenvalue weighted by atomic mass is 16.5. The predicted molar refractivity (Wildman–Crippen MR) is 108 cm³/mol. The van der Waals surface area contributed by atoms with Crippen LogP contribution in [0.5, 0.6) is 11.5 Å². The molecule has 134 valence electrons. The minimum absolute atomic E-state index is 0.633. The van der Waals surface area contributed by atoms with Gasteiger partial charge in [-0.1, -0.05) is 48.5 Å². The molecule has 1 heterocycles. The number of hydrogen-bond acceptors (Lipinski definition) is 5. The first-order valence-electron chi connectivity index (χ1n) is 8.60. The Balaban J connectivity index is 1.93. The Hall–Kier alpha value is -3.60. The number of anilines is 2. The molecule has 0 aliphatic rings. The normalized spacial score (nSPS) is 10.6. The molecule has 0 aliphatic carbocycles. The number of methoxy groups -OCH3 is 2. The molecule has 0 fully saturated rings. The van der Waals surface area contributed by atoms with Gasteiger partial charge in [0.15, 0.2) is 17.3 Å². The van der Waals surface area contributed by atoms with Crippen molar-refractivity contribution in [2.45, 2.75) is 0 Å². The third-order valence-corrected chi connectivity index (χ3v) is 4.27. The Kier molecular flexibility index (Phi) is 4.58. The fourth-order valence-corrected chi connectivity index (χ4v) is 2.93. The van der Waals surface area contributed by atoms with Crippen LogP contribution in [0.2, 0.25) is 0 Å². The summed E-state index contributed by atoms with van der Waals surface area (Å²) in [6.45, 7) is 0. The SMILES string of the molecule is COc1cc2nc(-c3ccccc3)nc(Nc3ccccc3)c2cc1OC. The van der Waals surface area contributed by atoms with E-state index >= 15 is 0 Å². The van der Waals surface area contributed by atoms with Gasteiger partial charge in [0.2, 0.25) is 0 Å². The van der Waals surface area contributed by atoms with Crippen molar-refractivity contribution < 1.29 is 9.47 Å². The van der Waals surface area contributed by atoms with Crippen molar-refractivity contribution in [3.8, 4) is 22.9 Å². The molecule has 0 saturated carbocycles. The second-order valence-electron chi connectivity index (χ2n) is 5.98. The summed E-state index contributed by atoms with van der Waals surface area (Å²) >= 11 is 0. The maximum absolute atomic E-state index is 5.46. The summed E-state index contributed by atoms with van der Waals surface area (Å²) in [7, 11) is 3.24. The first kappa shape index (κ1) is 16.8. The van der Waals surface area contributed by atoms with Crippen LogP contribution >= 0.6 is 0 Å². The maximum atomic E-state index is 5.46. The van der Waals surface area contributed by atoms with Gasteiger partial charge < -0.3 is 14.8 Å². The number of benzene rings is 3. The van der Waals surface area contributed by atoms with Crippen molar-refractivity contribution in [2.75, 3.05) is 19.5 Å². The molecule has 1 N–H and O–H groups in total. The van der Waals surface area contributed by atoms with Gasteiger partial charge in [-0.2, -0.15) is 0 Å². The van der Waals surface area contributed by atoms with Crippen molar-refractivity contribution in [1.82, 2.24) is 9.97 Å². The Bertz CT molecular complexity index is 1070. The van der Waals surface area contributed by atoms with Gasteiger partial charge in [0.1, 0.15) is 5.82 Å². The molecule has 0 radical (unpaired) electrons. The van der Waals surface area contributed by atoms with E-state index in [1.54, 1.807) is 14.2 Å². The summed E-state index contributed by atoms with van der Waals surface area (Å²) in [6.07, 6.45) is 0. The number of para-hydroxylation sites is 1. The van der Waals surface area contributed by atoms with Crippen LogP contribution in [-0.2, 0) is 0 Å². The smallest absolute Gasteiger partial charge is 0.162 e. The molecule has 1 aromatic heterocycles. The zero-order valence-electron chi connectivity index (χ0n) is 15.1. The summed E-state index contributed by atoms with van der Waals surface area (Å²) < 4.78 is 10.9. The minimum atomic E-state index is 0.633. The zero-order chi connectivity index (χ0) is 18.6. The van der Waals surface area contributed by atoms with E-state index in [2.05, 4.69) is 5.32 Å². The number of nitrogens with one attached hydrogen (secondary N) is 1. The van der Waals surface area contributed by atoms with E-state index in [1.165, 1.54) is 0 Å². The van der Waals surface area contributed by atoms with E-state index in [9.17, 15) is 0 Å². The van der Waals surface area contributed by atoms with E-state index in [0.717, 1.165) is 22.2 Å². The molecule has 5 heteroatoms. The van der Waals surface area contributed by atoms with Crippen LogP contribution in [0, 0.1) is 0 Å². The third kappa shape index (κ3) is 3.40. The van der Waals surface area contributed by atoms with Crippen molar-refractivity contribution in [2.24, 2.45) is 0 Å². The summed E-state index contributed by atoms with van der Waals surface area (Å²) in [6, 6.07) is 23.6. The molecule has 0 spiro atoms. The summed E-state index contributed by atoms with van der Waals surface area (Å²) in [5.74, 6) is 2.63. The molecular formula is C22H19N3O2. The number of ether oxygens (including phenoxy) is 2. The minimum Gasteiger partial charge on any atom is -0.493 e. The average Bonchev–Trinajstić information content (AvgIpc) is 2.74.